The van der Waals surface area contributed by atoms with E-state index in [1.54, 1.807) is 42.7 Å². The third-order valence-corrected chi connectivity index (χ3v) is 6.25. The second-order valence-corrected chi connectivity index (χ2v) is 8.36. The summed E-state index contributed by atoms with van der Waals surface area (Å²) in [5.41, 5.74) is 1.52. The minimum atomic E-state index is 0.00798. The van der Waals surface area contributed by atoms with Crippen molar-refractivity contribution in [2.75, 3.05) is 12.9 Å². The van der Waals surface area contributed by atoms with Crippen molar-refractivity contribution in [3.05, 3.63) is 76.6 Å². The van der Waals surface area contributed by atoms with Crippen LogP contribution in [0.1, 0.15) is 10.4 Å². The average Bonchev–Trinajstić information content (AvgIpc) is 3.42. The maximum absolute atomic E-state index is 12.6. The third kappa shape index (κ3) is 4.37. The van der Waals surface area contributed by atoms with E-state index < -0.39 is 0 Å². The van der Waals surface area contributed by atoms with Crippen LogP contribution in [-0.2, 0) is 0 Å². The van der Waals surface area contributed by atoms with Crippen molar-refractivity contribution in [1.82, 2.24) is 14.8 Å². The van der Waals surface area contributed by atoms with Gasteiger partial charge in [-0.15, -0.1) is 21.5 Å². The lowest BCUT2D eigenvalue weighted by Gasteiger charge is -2.10. The molecular weight excluding hydrogens is 426 g/mol. The van der Waals surface area contributed by atoms with Gasteiger partial charge in [-0.05, 0) is 60.0 Å². The second-order valence-electron chi connectivity index (χ2n) is 6.04. The van der Waals surface area contributed by atoms with Gasteiger partial charge in [0.1, 0.15) is 5.75 Å². The van der Waals surface area contributed by atoms with Gasteiger partial charge < -0.3 is 4.74 Å². The summed E-state index contributed by atoms with van der Waals surface area (Å²) in [5, 5.41) is 12.0. The molecule has 0 radical (unpaired) electrons. The normalized spacial score (nSPS) is 10.8. The lowest BCUT2D eigenvalue weighted by molar-refractivity contribution is 0.102. The van der Waals surface area contributed by atoms with Gasteiger partial charge in [-0.2, -0.15) is 0 Å². The summed E-state index contributed by atoms with van der Waals surface area (Å²) in [6.45, 7) is 0. The van der Waals surface area contributed by atoms with E-state index in [1.165, 1.54) is 11.8 Å². The molecule has 5 nitrogen and oxygen atoms in total. The number of nitrogens with zero attached hydrogens (tertiary/aromatic N) is 3. The zero-order valence-electron chi connectivity index (χ0n) is 15.4. The monoisotopic (exact) mass is 441 g/mol. The predicted molar refractivity (Wildman–Crippen MR) is 118 cm³/mol. The number of rotatable bonds is 7. The first-order valence-corrected chi connectivity index (χ1v) is 11.0. The molecule has 4 aromatic rings. The summed E-state index contributed by atoms with van der Waals surface area (Å²) in [5.74, 6) is 1.77. The summed E-state index contributed by atoms with van der Waals surface area (Å²) in [6, 6.07) is 18.6. The first kappa shape index (κ1) is 19.7. The predicted octanol–water partition coefficient (Wildman–Crippen LogP) is 5.63. The lowest BCUT2D eigenvalue weighted by atomic mass is 10.1. The Morgan fingerprint density at radius 3 is 2.52 bits per heavy atom. The molecule has 0 saturated carbocycles. The van der Waals surface area contributed by atoms with Gasteiger partial charge in [0.15, 0.2) is 16.8 Å². The zero-order valence-corrected chi connectivity index (χ0v) is 17.8. The van der Waals surface area contributed by atoms with Crippen LogP contribution in [0.25, 0.3) is 16.4 Å². The SMILES string of the molecule is COc1ccc(-n2c(SCC(=O)c3ccc(Cl)cc3)nnc2-c2cccs2)cc1. The summed E-state index contributed by atoms with van der Waals surface area (Å²) in [4.78, 5) is 13.6. The first-order valence-electron chi connectivity index (χ1n) is 8.71. The van der Waals surface area contributed by atoms with Crippen LogP contribution in [-0.4, -0.2) is 33.4 Å². The van der Waals surface area contributed by atoms with Gasteiger partial charge in [0.25, 0.3) is 0 Å². The van der Waals surface area contributed by atoms with E-state index in [1.807, 2.05) is 46.3 Å². The van der Waals surface area contributed by atoms with Crippen LogP contribution in [0, 0.1) is 0 Å². The van der Waals surface area contributed by atoms with E-state index in [0.29, 0.717) is 15.7 Å². The molecule has 0 spiro atoms. The van der Waals surface area contributed by atoms with Crippen LogP contribution < -0.4 is 4.74 Å². The van der Waals surface area contributed by atoms with Crippen molar-refractivity contribution >= 4 is 40.5 Å². The standard InChI is InChI=1S/C21H16ClN3O2S2/c1-27-17-10-8-16(9-11-17)25-20(19-3-2-12-28-19)23-24-21(25)29-13-18(26)14-4-6-15(22)7-5-14/h2-12H,13H2,1H3. The van der Waals surface area contributed by atoms with Crippen molar-refractivity contribution in [3.8, 4) is 22.1 Å². The van der Waals surface area contributed by atoms with E-state index in [2.05, 4.69) is 10.2 Å². The number of thioether (sulfide) groups is 1. The number of benzene rings is 2. The molecule has 0 aliphatic rings. The number of halogens is 1. The molecule has 2 aromatic heterocycles. The molecule has 8 heteroatoms. The smallest absolute Gasteiger partial charge is 0.196 e. The van der Waals surface area contributed by atoms with Gasteiger partial charge in [0, 0.05) is 10.6 Å². The van der Waals surface area contributed by atoms with Crippen LogP contribution in [0.2, 0.25) is 5.02 Å². The summed E-state index contributed by atoms with van der Waals surface area (Å²) in [7, 11) is 1.63. The number of hydrogen-bond acceptors (Lipinski definition) is 6. The number of Topliss-reactive ketones (excluding diaryl/α,β-unsaturated/α-hetero) is 1. The van der Waals surface area contributed by atoms with Crippen LogP contribution in [0.15, 0.2) is 71.2 Å². The second kappa shape index (κ2) is 8.82. The highest BCUT2D eigenvalue weighted by atomic mass is 35.5. The van der Waals surface area contributed by atoms with Crippen LogP contribution in [0.4, 0.5) is 0 Å². The Kier molecular flexibility index (Phi) is 5.99. The molecule has 0 unspecified atom stereocenters. The fourth-order valence-electron chi connectivity index (χ4n) is 2.74. The highest BCUT2D eigenvalue weighted by molar-refractivity contribution is 7.99. The van der Waals surface area contributed by atoms with Crippen molar-refractivity contribution in [2.45, 2.75) is 5.16 Å². The molecular formula is C21H16ClN3O2S2. The Labute approximate surface area is 181 Å². The molecule has 0 bridgehead atoms. The van der Waals surface area contributed by atoms with Crippen molar-refractivity contribution < 1.29 is 9.53 Å². The molecule has 2 aromatic carbocycles. The highest BCUT2D eigenvalue weighted by Gasteiger charge is 2.18. The topological polar surface area (TPSA) is 57.0 Å². The highest BCUT2D eigenvalue weighted by Crippen LogP contribution is 2.31. The summed E-state index contributed by atoms with van der Waals surface area (Å²) in [6.07, 6.45) is 0. The Morgan fingerprint density at radius 2 is 1.86 bits per heavy atom. The van der Waals surface area contributed by atoms with Gasteiger partial charge in [-0.3, -0.25) is 9.36 Å². The fourth-order valence-corrected chi connectivity index (χ4v) is 4.41. The van der Waals surface area contributed by atoms with Gasteiger partial charge in [0.05, 0.1) is 23.4 Å². The van der Waals surface area contributed by atoms with E-state index in [9.17, 15) is 4.79 Å². The molecule has 0 fully saturated rings. The molecule has 0 N–H and O–H groups in total. The third-order valence-electron chi connectivity index (χ3n) is 4.20. The average molecular weight is 442 g/mol. The van der Waals surface area contributed by atoms with Crippen molar-refractivity contribution in [1.29, 1.82) is 0 Å². The number of carbonyl (C=O) groups excluding carboxylic acids is 1. The maximum atomic E-state index is 12.6. The van der Waals surface area contributed by atoms with Crippen LogP contribution in [0.3, 0.4) is 0 Å². The molecule has 0 amide bonds. The first-order chi connectivity index (χ1) is 14.2. The number of carbonyl (C=O) groups is 1. The Bertz CT molecular complexity index is 1110. The molecule has 146 valence electrons. The minimum absolute atomic E-state index is 0.00798. The minimum Gasteiger partial charge on any atom is -0.497 e. The van der Waals surface area contributed by atoms with E-state index in [-0.39, 0.29) is 11.5 Å². The number of thiophene rings is 1. The number of ketones is 1. The lowest BCUT2D eigenvalue weighted by Crippen LogP contribution is -2.04. The van der Waals surface area contributed by atoms with E-state index >= 15 is 0 Å². The van der Waals surface area contributed by atoms with Crippen molar-refractivity contribution in [3.63, 3.8) is 0 Å². The van der Waals surface area contributed by atoms with Gasteiger partial charge in [0.2, 0.25) is 0 Å². The van der Waals surface area contributed by atoms with Gasteiger partial charge in [-0.1, -0.05) is 29.4 Å². The summed E-state index contributed by atoms with van der Waals surface area (Å²) < 4.78 is 7.22. The molecule has 29 heavy (non-hydrogen) atoms. The van der Waals surface area contributed by atoms with Crippen molar-refractivity contribution in [2.24, 2.45) is 0 Å². The number of ether oxygens (including phenoxy) is 1. The van der Waals surface area contributed by atoms with Crippen LogP contribution >= 0.6 is 34.7 Å². The number of aromatic nitrogens is 3. The van der Waals surface area contributed by atoms with Crippen LogP contribution in [0.5, 0.6) is 5.75 Å². The Morgan fingerprint density at radius 1 is 1.10 bits per heavy atom. The zero-order chi connectivity index (χ0) is 20.2. The number of methoxy groups -OCH3 is 1. The molecule has 4 rings (SSSR count). The molecule has 0 aliphatic carbocycles. The molecule has 0 saturated heterocycles. The largest absolute Gasteiger partial charge is 0.497 e. The Hall–Kier alpha value is -2.61. The molecule has 0 atom stereocenters. The maximum Gasteiger partial charge on any atom is 0.196 e. The van der Waals surface area contributed by atoms with Gasteiger partial charge >= 0.3 is 0 Å². The van der Waals surface area contributed by atoms with Gasteiger partial charge in [-0.25, -0.2) is 0 Å². The summed E-state index contributed by atoms with van der Waals surface area (Å²) >= 11 is 8.85. The number of hydrogen-bond donors (Lipinski definition) is 0. The van der Waals surface area contributed by atoms with E-state index in [4.69, 9.17) is 16.3 Å². The fraction of sp³-hybridized carbons (Fsp3) is 0.0952. The molecule has 0 aliphatic heterocycles. The Balaban J connectivity index is 1.64. The quantitative estimate of drug-likeness (QED) is 0.274. The molecule has 2 heterocycles. The van der Waals surface area contributed by atoms with E-state index in [0.717, 1.165) is 22.1 Å².